The number of hydrogen-bond donors (Lipinski definition) is 1. The molecule has 1 amide bonds. The van der Waals surface area contributed by atoms with Gasteiger partial charge in [-0.3, -0.25) is 4.79 Å². The highest BCUT2D eigenvalue weighted by atomic mass is 16.5. The maximum absolute atomic E-state index is 11.8. The Bertz CT molecular complexity index is 450. The summed E-state index contributed by atoms with van der Waals surface area (Å²) in [5.41, 5.74) is 6.41. The number of nitrogens with two attached hydrogens (primary N) is 1. The third-order valence-corrected chi connectivity index (χ3v) is 2.78. The summed E-state index contributed by atoms with van der Waals surface area (Å²) < 4.78 is 5.48. The van der Waals surface area contributed by atoms with Crippen molar-refractivity contribution in [1.82, 2.24) is 14.9 Å². The number of nitrogen functional groups attached to an aromatic ring is 1. The van der Waals surface area contributed by atoms with Crippen molar-refractivity contribution < 1.29 is 9.53 Å². The van der Waals surface area contributed by atoms with Gasteiger partial charge in [-0.2, -0.15) is 4.98 Å². The topological polar surface area (TPSA) is 84.6 Å². The predicted molar refractivity (Wildman–Crippen MR) is 78.8 cm³/mol. The normalized spacial score (nSPS) is 10.2. The number of carbonyl (C=O) groups is 1. The molecule has 1 rings (SSSR count). The molecule has 0 saturated heterocycles. The van der Waals surface area contributed by atoms with Gasteiger partial charge in [0.1, 0.15) is 12.0 Å². The summed E-state index contributed by atoms with van der Waals surface area (Å²) in [5, 5.41) is 0. The Hall–Kier alpha value is -2.05. The van der Waals surface area contributed by atoms with E-state index < -0.39 is 0 Å². The lowest BCUT2D eigenvalue weighted by atomic mass is 10.3. The fourth-order valence-corrected chi connectivity index (χ4v) is 1.58. The Morgan fingerprint density at radius 2 is 2.05 bits per heavy atom. The minimum Gasteiger partial charge on any atom is -0.476 e. The van der Waals surface area contributed by atoms with Crippen LogP contribution in [0.2, 0.25) is 0 Å². The first-order valence-corrected chi connectivity index (χ1v) is 6.69. The van der Waals surface area contributed by atoms with Crippen LogP contribution in [0.3, 0.4) is 0 Å². The van der Waals surface area contributed by atoms with Gasteiger partial charge in [0.15, 0.2) is 5.82 Å². The van der Waals surface area contributed by atoms with Crippen LogP contribution in [0, 0.1) is 0 Å². The number of nitrogens with zero attached hydrogens (tertiary/aromatic N) is 4. The van der Waals surface area contributed by atoms with Crippen molar-refractivity contribution in [2.24, 2.45) is 0 Å². The van der Waals surface area contributed by atoms with E-state index in [9.17, 15) is 4.79 Å². The van der Waals surface area contributed by atoms with E-state index in [4.69, 9.17) is 10.5 Å². The number of carbonyl (C=O) groups excluding carboxylic acids is 1. The van der Waals surface area contributed by atoms with Gasteiger partial charge in [0.2, 0.25) is 11.8 Å². The molecule has 2 N–H and O–H groups in total. The van der Waals surface area contributed by atoms with Crippen LogP contribution in [0.25, 0.3) is 0 Å². The SMILES string of the molecule is CCCOc1ncnc(N(CC)CC(=O)N(C)C)c1N. The van der Waals surface area contributed by atoms with Gasteiger partial charge in [0.05, 0.1) is 13.2 Å². The summed E-state index contributed by atoms with van der Waals surface area (Å²) in [5.74, 6) is 0.886. The van der Waals surface area contributed by atoms with E-state index in [2.05, 4.69) is 9.97 Å². The summed E-state index contributed by atoms with van der Waals surface area (Å²) in [6, 6.07) is 0. The molecule has 0 aliphatic rings. The predicted octanol–water partition coefficient (Wildman–Crippen LogP) is 0.762. The van der Waals surface area contributed by atoms with Crippen LogP contribution in [0.15, 0.2) is 6.33 Å². The zero-order valence-electron chi connectivity index (χ0n) is 12.6. The molecule has 0 aromatic carbocycles. The molecule has 0 unspecified atom stereocenters. The molecule has 20 heavy (non-hydrogen) atoms. The van der Waals surface area contributed by atoms with Gasteiger partial charge in [-0.25, -0.2) is 4.98 Å². The first kappa shape index (κ1) is 16.0. The van der Waals surface area contributed by atoms with Crippen LogP contribution in [-0.4, -0.2) is 54.6 Å². The Labute approximate surface area is 119 Å². The minimum absolute atomic E-state index is 0.0131. The van der Waals surface area contributed by atoms with Gasteiger partial charge >= 0.3 is 0 Å². The molecular formula is C13H23N5O2. The van der Waals surface area contributed by atoms with Crippen molar-refractivity contribution in [2.45, 2.75) is 20.3 Å². The smallest absolute Gasteiger partial charge is 0.242 e. The van der Waals surface area contributed by atoms with E-state index in [-0.39, 0.29) is 12.5 Å². The first-order chi connectivity index (χ1) is 9.51. The van der Waals surface area contributed by atoms with E-state index in [1.807, 2.05) is 13.8 Å². The average molecular weight is 281 g/mol. The quantitative estimate of drug-likeness (QED) is 0.794. The second-order valence-corrected chi connectivity index (χ2v) is 4.57. The van der Waals surface area contributed by atoms with Gasteiger partial charge in [-0.1, -0.05) is 6.92 Å². The number of ether oxygens (including phenoxy) is 1. The number of hydrogen-bond acceptors (Lipinski definition) is 6. The van der Waals surface area contributed by atoms with Crippen molar-refractivity contribution in [3.63, 3.8) is 0 Å². The highest BCUT2D eigenvalue weighted by Gasteiger charge is 2.18. The summed E-state index contributed by atoms with van der Waals surface area (Å²) in [6.45, 7) is 5.33. The molecule has 7 nitrogen and oxygen atoms in total. The lowest BCUT2D eigenvalue weighted by Crippen LogP contribution is -2.37. The maximum Gasteiger partial charge on any atom is 0.242 e. The minimum atomic E-state index is -0.0131. The molecule has 0 radical (unpaired) electrons. The van der Waals surface area contributed by atoms with E-state index in [0.29, 0.717) is 30.5 Å². The molecule has 0 fully saturated rings. The first-order valence-electron chi connectivity index (χ1n) is 6.69. The van der Waals surface area contributed by atoms with E-state index in [1.165, 1.54) is 11.2 Å². The molecular weight excluding hydrogens is 258 g/mol. The third-order valence-electron chi connectivity index (χ3n) is 2.78. The fraction of sp³-hybridized carbons (Fsp3) is 0.615. The number of amides is 1. The van der Waals surface area contributed by atoms with Gasteiger partial charge in [-0.15, -0.1) is 0 Å². The number of likely N-dealkylation sites (N-methyl/N-ethyl adjacent to an activating group) is 2. The van der Waals surface area contributed by atoms with Crippen LogP contribution >= 0.6 is 0 Å². The molecule has 0 spiro atoms. The molecule has 0 aliphatic carbocycles. The summed E-state index contributed by atoms with van der Waals surface area (Å²) >= 11 is 0. The zero-order valence-corrected chi connectivity index (χ0v) is 12.6. The molecule has 0 aliphatic heterocycles. The molecule has 1 aromatic rings. The molecule has 1 heterocycles. The highest BCUT2D eigenvalue weighted by Crippen LogP contribution is 2.27. The molecule has 0 bridgehead atoms. The maximum atomic E-state index is 11.8. The number of rotatable bonds is 7. The monoisotopic (exact) mass is 281 g/mol. The van der Waals surface area contributed by atoms with Crippen LogP contribution < -0.4 is 15.4 Å². The van der Waals surface area contributed by atoms with Crippen molar-refractivity contribution in [3.8, 4) is 5.88 Å². The van der Waals surface area contributed by atoms with Gasteiger partial charge in [0.25, 0.3) is 0 Å². The standard InChI is InChI=1S/C13H23N5O2/c1-5-7-20-13-11(14)12(15-9-16-13)18(6-2)8-10(19)17(3)4/h9H,5-8,14H2,1-4H3. The molecule has 7 heteroatoms. The van der Waals surface area contributed by atoms with Crippen LogP contribution in [0.4, 0.5) is 11.5 Å². The summed E-state index contributed by atoms with van der Waals surface area (Å²) in [7, 11) is 3.44. The third kappa shape index (κ3) is 3.97. The largest absolute Gasteiger partial charge is 0.476 e. The molecule has 0 atom stereocenters. The number of aromatic nitrogens is 2. The Morgan fingerprint density at radius 1 is 1.35 bits per heavy atom. The Balaban J connectivity index is 2.94. The molecule has 1 aromatic heterocycles. The summed E-state index contributed by atoms with van der Waals surface area (Å²) in [4.78, 5) is 23.4. The fourth-order valence-electron chi connectivity index (χ4n) is 1.58. The highest BCUT2D eigenvalue weighted by molar-refractivity contribution is 5.82. The lowest BCUT2D eigenvalue weighted by molar-refractivity contribution is -0.127. The van der Waals surface area contributed by atoms with E-state index in [1.54, 1.807) is 19.0 Å². The van der Waals surface area contributed by atoms with Gasteiger partial charge in [-0.05, 0) is 13.3 Å². The van der Waals surface area contributed by atoms with Crippen molar-refractivity contribution >= 4 is 17.4 Å². The zero-order chi connectivity index (χ0) is 15.1. The average Bonchev–Trinajstić information content (AvgIpc) is 2.43. The van der Waals surface area contributed by atoms with Crippen LogP contribution in [0.1, 0.15) is 20.3 Å². The Morgan fingerprint density at radius 3 is 2.60 bits per heavy atom. The molecule has 112 valence electrons. The van der Waals surface area contributed by atoms with Crippen molar-refractivity contribution in [2.75, 3.05) is 44.4 Å². The Kier molecular flexibility index (Phi) is 6.02. The van der Waals surface area contributed by atoms with E-state index in [0.717, 1.165) is 6.42 Å². The van der Waals surface area contributed by atoms with Gasteiger partial charge in [0, 0.05) is 20.6 Å². The second-order valence-electron chi connectivity index (χ2n) is 4.57. The lowest BCUT2D eigenvalue weighted by Gasteiger charge is -2.24. The van der Waals surface area contributed by atoms with Crippen molar-refractivity contribution in [3.05, 3.63) is 6.33 Å². The van der Waals surface area contributed by atoms with Crippen LogP contribution in [0.5, 0.6) is 5.88 Å². The second kappa shape index (κ2) is 7.52. The van der Waals surface area contributed by atoms with E-state index >= 15 is 0 Å². The van der Waals surface area contributed by atoms with Crippen molar-refractivity contribution in [1.29, 1.82) is 0 Å². The van der Waals surface area contributed by atoms with Crippen LogP contribution in [-0.2, 0) is 4.79 Å². The van der Waals surface area contributed by atoms with Gasteiger partial charge < -0.3 is 20.3 Å². The summed E-state index contributed by atoms with van der Waals surface area (Å²) in [6.07, 6.45) is 2.27. The molecule has 0 saturated carbocycles. The number of anilines is 2.